The van der Waals surface area contributed by atoms with Gasteiger partial charge in [-0.25, -0.2) is 0 Å². The quantitative estimate of drug-likeness (QED) is 0.446. The van der Waals surface area contributed by atoms with Crippen molar-refractivity contribution < 1.29 is 4.92 Å². The Labute approximate surface area is 147 Å². The molecule has 0 spiro atoms. The van der Waals surface area contributed by atoms with Gasteiger partial charge in [-0.05, 0) is 42.9 Å². The lowest BCUT2D eigenvalue weighted by atomic mass is 9.84. The second-order valence-electron chi connectivity index (χ2n) is 6.57. The van der Waals surface area contributed by atoms with E-state index in [0.717, 1.165) is 11.3 Å². The Bertz CT molecular complexity index is 763. The molecule has 5 heteroatoms. The van der Waals surface area contributed by atoms with Gasteiger partial charge in [-0.3, -0.25) is 15.5 Å². The van der Waals surface area contributed by atoms with E-state index >= 15 is 0 Å². The van der Waals surface area contributed by atoms with Gasteiger partial charge in [0, 0.05) is 12.1 Å². The van der Waals surface area contributed by atoms with Gasteiger partial charge in [-0.1, -0.05) is 49.6 Å². The molecule has 1 N–H and O–H groups in total. The summed E-state index contributed by atoms with van der Waals surface area (Å²) in [6.07, 6.45) is 6.62. The third kappa shape index (κ3) is 4.44. The standard InChI is InChI=1S/C20H23N3O2/c1-15(21-22-19-8-5-9-20(14-19)23(24)25)16-10-12-18(13-11-16)17-6-3-2-4-7-17/h5,8-14,17,22H,2-4,6-7H2,1H3. The van der Waals surface area contributed by atoms with Crippen LogP contribution in [0.1, 0.15) is 56.1 Å². The first kappa shape index (κ1) is 17.1. The normalized spacial score (nSPS) is 15.8. The van der Waals surface area contributed by atoms with E-state index in [1.165, 1.54) is 49.8 Å². The summed E-state index contributed by atoms with van der Waals surface area (Å²) in [5.41, 5.74) is 6.88. The van der Waals surface area contributed by atoms with Crippen LogP contribution in [0.15, 0.2) is 53.6 Å². The van der Waals surface area contributed by atoms with E-state index in [-0.39, 0.29) is 5.69 Å². The third-order valence-corrected chi connectivity index (χ3v) is 4.81. The number of rotatable bonds is 5. The van der Waals surface area contributed by atoms with Crippen molar-refractivity contribution in [1.29, 1.82) is 0 Å². The van der Waals surface area contributed by atoms with Crippen molar-refractivity contribution in [3.05, 3.63) is 69.8 Å². The largest absolute Gasteiger partial charge is 0.278 e. The Hall–Kier alpha value is -2.69. The molecule has 0 unspecified atom stereocenters. The van der Waals surface area contributed by atoms with Crippen LogP contribution in [0, 0.1) is 10.1 Å². The van der Waals surface area contributed by atoms with E-state index in [1.54, 1.807) is 12.1 Å². The molecule has 25 heavy (non-hydrogen) atoms. The number of nitrogens with one attached hydrogen (secondary N) is 1. The predicted molar refractivity (Wildman–Crippen MR) is 101 cm³/mol. The maximum atomic E-state index is 10.8. The molecule has 2 aromatic carbocycles. The minimum atomic E-state index is -0.411. The number of nitro benzene ring substituents is 1. The number of benzene rings is 2. The van der Waals surface area contributed by atoms with Crippen LogP contribution in [0.3, 0.4) is 0 Å². The van der Waals surface area contributed by atoms with Crippen molar-refractivity contribution >= 4 is 17.1 Å². The van der Waals surface area contributed by atoms with Crippen LogP contribution >= 0.6 is 0 Å². The van der Waals surface area contributed by atoms with E-state index in [2.05, 4.69) is 34.8 Å². The second kappa shape index (κ2) is 7.92. The lowest BCUT2D eigenvalue weighted by Crippen LogP contribution is -2.05. The summed E-state index contributed by atoms with van der Waals surface area (Å²) in [6.45, 7) is 1.93. The first-order valence-corrected chi connectivity index (χ1v) is 8.78. The van der Waals surface area contributed by atoms with Crippen molar-refractivity contribution in [2.75, 3.05) is 5.43 Å². The van der Waals surface area contributed by atoms with Crippen molar-refractivity contribution in [3.63, 3.8) is 0 Å². The fourth-order valence-electron chi connectivity index (χ4n) is 3.33. The van der Waals surface area contributed by atoms with Crippen molar-refractivity contribution in [2.24, 2.45) is 5.10 Å². The molecule has 0 aromatic heterocycles. The van der Waals surface area contributed by atoms with Gasteiger partial charge >= 0.3 is 0 Å². The Morgan fingerprint density at radius 3 is 2.52 bits per heavy atom. The number of nitro groups is 1. The van der Waals surface area contributed by atoms with Crippen LogP contribution in [-0.4, -0.2) is 10.6 Å². The Kier molecular flexibility index (Phi) is 5.43. The van der Waals surface area contributed by atoms with Crippen LogP contribution in [0.25, 0.3) is 0 Å². The zero-order chi connectivity index (χ0) is 17.6. The van der Waals surface area contributed by atoms with Gasteiger partial charge < -0.3 is 0 Å². The van der Waals surface area contributed by atoms with Gasteiger partial charge in [0.1, 0.15) is 0 Å². The molecule has 0 saturated heterocycles. The summed E-state index contributed by atoms with van der Waals surface area (Å²) in [7, 11) is 0. The molecule has 5 nitrogen and oxygen atoms in total. The van der Waals surface area contributed by atoms with Crippen molar-refractivity contribution in [2.45, 2.75) is 44.9 Å². The fraction of sp³-hybridized carbons (Fsp3) is 0.350. The molecular weight excluding hydrogens is 314 g/mol. The Morgan fingerprint density at radius 1 is 1.12 bits per heavy atom. The number of anilines is 1. The van der Waals surface area contributed by atoms with Gasteiger partial charge in [0.2, 0.25) is 0 Å². The first-order valence-electron chi connectivity index (χ1n) is 8.78. The van der Waals surface area contributed by atoms with Gasteiger partial charge in [0.05, 0.1) is 16.3 Å². The SMILES string of the molecule is CC(=NNc1cccc([N+](=O)[O-])c1)c1ccc(C2CCCCC2)cc1. The lowest BCUT2D eigenvalue weighted by molar-refractivity contribution is -0.384. The van der Waals surface area contributed by atoms with Gasteiger partial charge in [0.15, 0.2) is 0 Å². The second-order valence-corrected chi connectivity index (χ2v) is 6.57. The number of hydrogen-bond donors (Lipinski definition) is 1. The summed E-state index contributed by atoms with van der Waals surface area (Å²) in [5.74, 6) is 0.697. The van der Waals surface area contributed by atoms with Crippen LogP contribution in [0.2, 0.25) is 0 Å². The third-order valence-electron chi connectivity index (χ3n) is 4.81. The Balaban J connectivity index is 1.67. The maximum Gasteiger partial charge on any atom is 0.271 e. The molecule has 1 aliphatic carbocycles. The van der Waals surface area contributed by atoms with Crippen LogP contribution < -0.4 is 5.43 Å². The predicted octanol–water partition coefficient (Wildman–Crippen LogP) is 5.48. The molecule has 2 aromatic rings. The van der Waals surface area contributed by atoms with E-state index in [1.807, 2.05) is 6.92 Å². The summed E-state index contributed by atoms with van der Waals surface area (Å²) in [4.78, 5) is 10.4. The number of hydrogen-bond acceptors (Lipinski definition) is 4. The molecule has 130 valence electrons. The molecule has 0 heterocycles. The highest BCUT2D eigenvalue weighted by Gasteiger charge is 2.15. The summed E-state index contributed by atoms with van der Waals surface area (Å²) >= 11 is 0. The van der Waals surface area contributed by atoms with Crippen LogP contribution in [0.5, 0.6) is 0 Å². The van der Waals surface area contributed by atoms with E-state index in [9.17, 15) is 10.1 Å². The highest BCUT2D eigenvalue weighted by Crippen LogP contribution is 2.32. The summed E-state index contributed by atoms with van der Waals surface area (Å²) in [5, 5.41) is 15.2. The molecular formula is C20H23N3O2. The molecule has 0 radical (unpaired) electrons. The molecule has 0 bridgehead atoms. The monoisotopic (exact) mass is 337 g/mol. The fourth-order valence-corrected chi connectivity index (χ4v) is 3.33. The average Bonchev–Trinajstić information content (AvgIpc) is 2.67. The number of non-ortho nitro benzene ring substituents is 1. The highest BCUT2D eigenvalue weighted by molar-refractivity contribution is 5.99. The topological polar surface area (TPSA) is 67.5 Å². The summed E-state index contributed by atoms with van der Waals surface area (Å²) in [6, 6.07) is 15.0. The number of hydrazone groups is 1. The van der Waals surface area contributed by atoms with Crippen molar-refractivity contribution in [3.8, 4) is 0 Å². The Morgan fingerprint density at radius 2 is 1.84 bits per heavy atom. The zero-order valence-electron chi connectivity index (χ0n) is 14.4. The molecule has 1 fully saturated rings. The summed E-state index contributed by atoms with van der Waals surface area (Å²) < 4.78 is 0. The highest BCUT2D eigenvalue weighted by atomic mass is 16.6. The van der Waals surface area contributed by atoms with E-state index in [4.69, 9.17) is 0 Å². The average molecular weight is 337 g/mol. The van der Waals surface area contributed by atoms with E-state index < -0.39 is 4.92 Å². The molecule has 1 saturated carbocycles. The van der Waals surface area contributed by atoms with Gasteiger partial charge in [-0.2, -0.15) is 5.10 Å². The number of nitrogens with zero attached hydrogens (tertiary/aromatic N) is 2. The molecule has 1 aliphatic rings. The van der Waals surface area contributed by atoms with Gasteiger partial charge in [0.25, 0.3) is 5.69 Å². The minimum Gasteiger partial charge on any atom is -0.278 e. The first-order chi connectivity index (χ1) is 12.1. The molecule has 0 amide bonds. The zero-order valence-corrected chi connectivity index (χ0v) is 14.4. The minimum absolute atomic E-state index is 0.0506. The lowest BCUT2D eigenvalue weighted by Gasteiger charge is -2.22. The van der Waals surface area contributed by atoms with Crippen LogP contribution in [0.4, 0.5) is 11.4 Å². The molecule has 0 atom stereocenters. The van der Waals surface area contributed by atoms with Gasteiger partial charge in [-0.15, -0.1) is 0 Å². The molecule has 0 aliphatic heterocycles. The van der Waals surface area contributed by atoms with E-state index in [0.29, 0.717) is 11.6 Å². The maximum absolute atomic E-state index is 10.8. The van der Waals surface area contributed by atoms with Crippen molar-refractivity contribution in [1.82, 2.24) is 0 Å². The van der Waals surface area contributed by atoms with Crippen LogP contribution in [-0.2, 0) is 0 Å². The smallest absolute Gasteiger partial charge is 0.271 e. The molecule has 3 rings (SSSR count).